The molecular formula is C23H26N4O3. The van der Waals surface area contributed by atoms with Crippen LogP contribution in [-0.4, -0.2) is 27.1 Å². The number of aryl methyl sites for hydroxylation is 1. The van der Waals surface area contributed by atoms with Crippen LogP contribution in [0.25, 0.3) is 11.4 Å². The van der Waals surface area contributed by atoms with Crippen LogP contribution in [0.1, 0.15) is 37.9 Å². The number of amides is 1. The van der Waals surface area contributed by atoms with Crippen molar-refractivity contribution < 1.29 is 9.53 Å². The Hall–Kier alpha value is -3.48. The average Bonchev–Trinajstić information content (AvgIpc) is 2.77. The first-order valence-electron chi connectivity index (χ1n) is 10.1. The maximum Gasteiger partial charge on any atom is 0.273 e. The van der Waals surface area contributed by atoms with Gasteiger partial charge in [-0.05, 0) is 43.2 Å². The Bertz CT molecular complexity index is 1020. The molecule has 0 aliphatic heterocycles. The lowest BCUT2D eigenvalue weighted by molar-refractivity contribution is -0.121. The number of nitrogens with zero attached hydrogens (tertiary/aromatic N) is 2. The molecule has 0 bridgehead atoms. The number of H-pyrrole nitrogens is 1. The minimum atomic E-state index is -0.333. The van der Waals surface area contributed by atoms with E-state index in [-0.39, 0.29) is 36.0 Å². The van der Waals surface area contributed by atoms with Crippen LogP contribution in [0.15, 0.2) is 59.4 Å². The fourth-order valence-corrected chi connectivity index (χ4v) is 2.78. The first-order valence-corrected chi connectivity index (χ1v) is 10.1. The zero-order chi connectivity index (χ0) is 21.3. The number of rotatable bonds is 9. The fourth-order valence-electron chi connectivity index (χ4n) is 2.78. The van der Waals surface area contributed by atoms with Crippen LogP contribution in [0.4, 0.5) is 0 Å². The van der Waals surface area contributed by atoms with E-state index in [9.17, 15) is 9.59 Å². The predicted octanol–water partition coefficient (Wildman–Crippen LogP) is 3.26. The van der Waals surface area contributed by atoms with E-state index in [2.05, 4.69) is 20.5 Å². The van der Waals surface area contributed by atoms with Gasteiger partial charge in [0.1, 0.15) is 18.1 Å². The summed E-state index contributed by atoms with van der Waals surface area (Å²) in [6.07, 6.45) is 1.31. The van der Waals surface area contributed by atoms with Gasteiger partial charge < -0.3 is 15.0 Å². The lowest BCUT2D eigenvalue weighted by Gasteiger charge is -2.10. The van der Waals surface area contributed by atoms with Crippen molar-refractivity contribution in [2.45, 2.75) is 45.8 Å². The Balaban J connectivity index is 1.59. The van der Waals surface area contributed by atoms with Gasteiger partial charge >= 0.3 is 0 Å². The molecular weight excluding hydrogens is 380 g/mol. The number of hydrogen-bond acceptors (Lipinski definition) is 5. The molecule has 7 nitrogen and oxygen atoms in total. The van der Waals surface area contributed by atoms with Crippen molar-refractivity contribution in [1.29, 1.82) is 0 Å². The standard InChI is InChI=1S/C23H26N4O3/c1-3-16(2)24-21(28)14-13-20-23(29)25-22(27-26-20)18-9-11-19(12-10-18)30-15-17-7-5-4-6-8-17/h4-12,16H,3,13-15H2,1-2H3,(H,24,28)(H,25,27,29). The second kappa shape index (κ2) is 10.3. The van der Waals surface area contributed by atoms with Gasteiger partial charge in [-0.15, -0.1) is 10.2 Å². The number of hydrogen-bond donors (Lipinski definition) is 2. The molecule has 156 valence electrons. The molecule has 0 aliphatic rings. The van der Waals surface area contributed by atoms with Crippen LogP contribution in [0.3, 0.4) is 0 Å². The molecule has 7 heteroatoms. The van der Waals surface area contributed by atoms with Gasteiger partial charge in [0.05, 0.1) is 0 Å². The molecule has 2 aromatic carbocycles. The highest BCUT2D eigenvalue weighted by molar-refractivity contribution is 5.76. The highest BCUT2D eigenvalue weighted by Gasteiger charge is 2.11. The second-order valence-electron chi connectivity index (χ2n) is 7.12. The largest absolute Gasteiger partial charge is 0.489 e. The molecule has 1 unspecified atom stereocenters. The zero-order valence-corrected chi connectivity index (χ0v) is 17.2. The normalized spacial score (nSPS) is 11.7. The zero-order valence-electron chi connectivity index (χ0n) is 17.2. The number of aromatic nitrogens is 3. The van der Waals surface area contributed by atoms with Crippen molar-refractivity contribution in [2.24, 2.45) is 0 Å². The van der Waals surface area contributed by atoms with Gasteiger partial charge in [0.15, 0.2) is 5.82 Å². The number of ether oxygens (including phenoxy) is 1. The van der Waals surface area contributed by atoms with Crippen LogP contribution in [-0.2, 0) is 17.8 Å². The minimum absolute atomic E-state index is 0.0966. The molecule has 0 fully saturated rings. The lowest BCUT2D eigenvalue weighted by atomic mass is 10.2. The molecule has 1 amide bonds. The van der Waals surface area contributed by atoms with E-state index in [1.54, 1.807) is 0 Å². The molecule has 0 saturated carbocycles. The SMILES string of the molecule is CCC(C)NC(=O)CCc1nnc(-c2ccc(OCc3ccccc3)cc2)[nH]c1=O. The second-order valence-corrected chi connectivity index (χ2v) is 7.12. The summed E-state index contributed by atoms with van der Waals surface area (Å²) in [5, 5.41) is 11.0. The smallest absolute Gasteiger partial charge is 0.273 e. The highest BCUT2D eigenvalue weighted by atomic mass is 16.5. The van der Waals surface area contributed by atoms with E-state index < -0.39 is 0 Å². The van der Waals surface area contributed by atoms with E-state index in [0.29, 0.717) is 12.4 Å². The first-order chi connectivity index (χ1) is 14.5. The molecule has 1 heterocycles. The predicted molar refractivity (Wildman–Crippen MR) is 115 cm³/mol. The van der Waals surface area contributed by atoms with Crippen LogP contribution in [0, 0.1) is 0 Å². The van der Waals surface area contributed by atoms with Crippen LogP contribution in [0.2, 0.25) is 0 Å². The van der Waals surface area contributed by atoms with E-state index in [4.69, 9.17) is 4.74 Å². The number of aromatic amines is 1. The number of nitrogens with one attached hydrogen (secondary N) is 2. The lowest BCUT2D eigenvalue weighted by Crippen LogP contribution is -2.32. The Labute approximate surface area is 175 Å². The molecule has 0 saturated heterocycles. The Morgan fingerprint density at radius 1 is 1.10 bits per heavy atom. The Kier molecular flexibility index (Phi) is 7.32. The number of carbonyl (C=O) groups excluding carboxylic acids is 1. The van der Waals surface area contributed by atoms with Gasteiger partial charge in [0, 0.05) is 24.4 Å². The van der Waals surface area contributed by atoms with Gasteiger partial charge in [0.25, 0.3) is 5.56 Å². The van der Waals surface area contributed by atoms with Gasteiger partial charge in [-0.1, -0.05) is 37.3 Å². The van der Waals surface area contributed by atoms with Crippen molar-refractivity contribution in [2.75, 3.05) is 0 Å². The molecule has 30 heavy (non-hydrogen) atoms. The van der Waals surface area contributed by atoms with Gasteiger partial charge in [0.2, 0.25) is 5.91 Å². The summed E-state index contributed by atoms with van der Waals surface area (Å²) in [4.78, 5) is 26.9. The molecule has 3 rings (SSSR count). The van der Waals surface area contributed by atoms with Crippen LogP contribution < -0.4 is 15.6 Å². The molecule has 3 aromatic rings. The van der Waals surface area contributed by atoms with Crippen molar-refractivity contribution in [1.82, 2.24) is 20.5 Å². The quantitative estimate of drug-likeness (QED) is 0.569. The third kappa shape index (κ3) is 6.01. The summed E-state index contributed by atoms with van der Waals surface area (Å²) in [7, 11) is 0. The van der Waals surface area contributed by atoms with E-state index in [1.165, 1.54) is 0 Å². The van der Waals surface area contributed by atoms with E-state index in [0.717, 1.165) is 23.3 Å². The maximum absolute atomic E-state index is 12.3. The third-order valence-corrected chi connectivity index (χ3v) is 4.75. The topological polar surface area (TPSA) is 97.0 Å². The van der Waals surface area contributed by atoms with Crippen LogP contribution >= 0.6 is 0 Å². The van der Waals surface area contributed by atoms with Crippen molar-refractivity contribution in [3.8, 4) is 17.1 Å². The summed E-state index contributed by atoms with van der Waals surface area (Å²) in [5.41, 5.74) is 1.74. The van der Waals surface area contributed by atoms with Crippen LogP contribution in [0.5, 0.6) is 5.75 Å². The van der Waals surface area contributed by atoms with Crippen molar-refractivity contribution in [3.05, 3.63) is 76.2 Å². The van der Waals surface area contributed by atoms with Gasteiger partial charge in [-0.25, -0.2) is 0 Å². The van der Waals surface area contributed by atoms with E-state index in [1.807, 2.05) is 68.4 Å². The summed E-state index contributed by atoms with van der Waals surface area (Å²) < 4.78 is 5.77. The number of carbonyl (C=O) groups is 1. The first kappa shape index (κ1) is 21.2. The monoisotopic (exact) mass is 406 g/mol. The maximum atomic E-state index is 12.3. The number of benzene rings is 2. The molecule has 1 atom stereocenters. The van der Waals surface area contributed by atoms with E-state index >= 15 is 0 Å². The molecule has 1 aromatic heterocycles. The molecule has 0 spiro atoms. The molecule has 0 aliphatic carbocycles. The van der Waals surface area contributed by atoms with Crippen molar-refractivity contribution in [3.63, 3.8) is 0 Å². The Morgan fingerprint density at radius 2 is 1.83 bits per heavy atom. The highest BCUT2D eigenvalue weighted by Crippen LogP contribution is 2.19. The van der Waals surface area contributed by atoms with Gasteiger partial charge in [-0.3, -0.25) is 9.59 Å². The third-order valence-electron chi connectivity index (χ3n) is 4.75. The Morgan fingerprint density at radius 3 is 2.50 bits per heavy atom. The molecule has 0 radical (unpaired) electrons. The summed E-state index contributed by atoms with van der Waals surface area (Å²) in [5.74, 6) is 1.00. The van der Waals surface area contributed by atoms with Gasteiger partial charge in [-0.2, -0.15) is 0 Å². The summed E-state index contributed by atoms with van der Waals surface area (Å²) >= 11 is 0. The van der Waals surface area contributed by atoms with Crippen molar-refractivity contribution >= 4 is 5.91 Å². The minimum Gasteiger partial charge on any atom is -0.489 e. The molecule has 2 N–H and O–H groups in total. The summed E-state index contributed by atoms with van der Waals surface area (Å²) in [6.45, 7) is 4.43. The fraction of sp³-hybridized carbons (Fsp3) is 0.304. The average molecular weight is 406 g/mol. The summed E-state index contributed by atoms with van der Waals surface area (Å²) in [6, 6.07) is 17.3.